The van der Waals surface area contributed by atoms with E-state index < -0.39 is 72.9 Å². The highest BCUT2D eigenvalue weighted by Gasteiger charge is 2.44. The Kier molecular flexibility index (Phi) is 11.3. The van der Waals surface area contributed by atoms with Crippen molar-refractivity contribution in [1.82, 2.24) is 0 Å². The highest BCUT2D eigenvalue weighted by molar-refractivity contribution is 8.76. The number of aliphatic hydroxyl groups excluding tert-OH is 8. The fourth-order valence-corrected chi connectivity index (χ4v) is 9.32. The van der Waals surface area contributed by atoms with Crippen molar-refractivity contribution in [3.05, 3.63) is 47.5 Å². The molecular formula is C24H32O10S4. The lowest BCUT2D eigenvalue weighted by molar-refractivity contribution is -0.205. The summed E-state index contributed by atoms with van der Waals surface area (Å²) in [6, 6.07) is 11.9. The molecule has 0 radical (unpaired) electrons. The van der Waals surface area contributed by atoms with Gasteiger partial charge in [0, 0.05) is 11.5 Å². The zero-order valence-electron chi connectivity index (χ0n) is 20.1. The fraction of sp³-hybridized carbons (Fsp3) is 0.583. The Bertz CT molecular complexity index is 966. The van der Waals surface area contributed by atoms with Gasteiger partial charge in [-0.2, -0.15) is 0 Å². The molecule has 0 saturated carbocycles. The molecule has 38 heavy (non-hydrogen) atoms. The van der Waals surface area contributed by atoms with Crippen LogP contribution in [0.5, 0.6) is 0 Å². The van der Waals surface area contributed by atoms with Crippen LogP contribution in [0.15, 0.2) is 36.4 Å². The molecule has 2 heterocycles. The molecule has 4 rings (SSSR count). The molecule has 10 atom stereocenters. The Morgan fingerprint density at radius 3 is 1.32 bits per heavy atom. The van der Waals surface area contributed by atoms with E-state index in [9.17, 15) is 40.9 Å². The van der Waals surface area contributed by atoms with Gasteiger partial charge in [-0.25, -0.2) is 0 Å². The number of ether oxygens (including phenoxy) is 2. The second-order valence-corrected chi connectivity index (χ2v) is 14.0. The van der Waals surface area contributed by atoms with E-state index in [0.29, 0.717) is 11.5 Å². The highest BCUT2D eigenvalue weighted by atomic mass is 33.1. The standard InChI is InChI=1S/C24H32O10S4/c25-7-15-17(27)19(29)21(31)23(33-15)37-35-9-11-5-6-12(14-4-2-1-3-13(11)14)10-36-38-24-22(32)20(30)18(28)16(8-26)34-24/h1-6,15-32H,7-10H2/t15-,16-,17+,18+,19+,20+,21-,22-,23+,24+/m1/s1. The van der Waals surface area contributed by atoms with E-state index in [0.717, 1.165) is 21.9 Å². The Labute approximate surface area is 235 Å². The van der Waals surface area contributed by atoms with Crippen LogP contribution in [0.25, 0.3) is 10.8 Å². The molecule has 2 aliphatic heterocycles. The summed E-state index contributed by atoms with van der Waals surface area (Å²) in [5.74, 6) is 1.15. The van der Waals surface area contributed by atoms with Gasteiger partial charge in [0.25, 0.3) is 0 Å². The Balaban J connectivity index is 1.36. The molecule has 2 aliphatic rings. The molecule has 212 valence electrons. The third-order valence-corrected chi connectivity index (χ3v) is 11.5. The molecule has 2 saturated heterocycles. The lowest BCUT2D eigenvalue weighted by atomic mass is 10.0. The second kappa shape index (κ2) is 14.0. The van der Waals surface area contributed by atoms with E-state index in [1.54, 1.807) is 0 Å². The largest absolute Gasteiger partial charge is 0.394 e. The average Bonchev–Trinajstić information content (AvgIpc) is 2.93. The van der Waals surface area contributed by atoms with Crippen LogP contribution in [-0.4, -0.2) is 114 Å². The first-order chi connectivity index (χ1) is 18.3. The maximum absolute atomic E-state index is 10.3. The highest BCUT2D eigenvalue weighted by Crippen LogP contribution is 2.41. The van der Waals surface area contributed by atoms with Gasteiger partial charge < -0.3 is 50.3 Å². The fourth-order valence-electron chi connectivity index (χ4n) is 4.30. The molecule has 2 aromatic carbocycles. The first-order valence-electron chi connectivity index (χ1n) is 11.9. The van der Waals surface area contributed by atoms with Crippen LogP contribution in [0.3, 0.4) is 0 Å². The van der Waals surface area contributed by atoms with Gasteiger partial charge in [-0.3, -0.25) is 0 Å². The van der Waals surface area contributed by atoms with Gasteiger partial charge in [-0.15, -0.1) is 0 Å². The minimum absolute atomic E-state index is 0.467. The van der Waals surface area contributed by atoms with E-state index in [1.165, 1.54) is 43.2 Å². The molecule has 2 fully saturated rings. The summed E-state index contributed by atoms with van der Waals surface area (Å²) in [5.41, 5.74) is 0.491. The maximum Gasteiger partial charge on any atom is 0.142 e. The molecule has 0 unspecified atom stereocenters. The molecule has 0 aromatic heterocycles. The number of fused-ring (bicyclic) bond motifs is 1. The van der Waals surface area contributed by atoms with Crippen molar-refractivity contribution >= 4 is 53.9 Å². The van der Waals surface area contributed by atoms with E-state index in [1.807, 2.05) is 36.4 Å². The van der Waals surface area contributed by atoms with Crippen molar-refractivity contribution in [3.63, 3.8) is 0 Å². The van der Waals surface area contributed by atoms with Gasteiger partial charge in [0.05, 0.1) is 13.2 Å². The van der Waals surface area contributed by atoms with Gasteiger partial charge in [0.2, 0.25) is 0 Å². The summed E-state index contributed by atoms with van der Waals surface area (Å²) >= 11 is 0. The van der Waals surface area contributed by atoms with Crippen LogP contribution in [0.1, 0.15) is 11.1 Å². The normalized spacial score (nSPS) is 36.0. The SMILES string of the molecule is OC[C@H]1O[C@@H](SSCc2ccc(CSS[C@@H]3O[C@H](CO)[C@H](O)[C@H](O)[C@H]3O)c3ccccc23)[C@H](O)[C@@H](O)[C@H]1O. The molecular weight excluding hydrogens is 577 g/mol. The lowest BCUT2D eigenvalue weighted by Gasteiger charge is -2.39. The molecule has 0 amide bonds. The zero-order valence-corrected chi connectivity index (χ0v) is 23.4. The van der Waals surface area contributed by atoms with Crippen LogP contribution in [0, 0.1) is 0 Å². The molecule has 0 spiro atoms. The second-order valence-electron chi connectivity index (χ2n) is 9.04. The molecule has 8 N–H and O–H groups in total. The summed E-state index contributed by atoms with van der Waals surface area (Å²) < 4.78 is 11.1. The van der Waals surface area contributed by atoms with Crippen LogP contribution < -0.4 is 0 Å². The molecule has 0 bridgehead atoms. The summed E-state index contributed by atoms with van der Waals surface area (Å²) in [4.78, 5) is 0. The van der Waals surface area contributed by atoms with Gasteiger partial charge in [-0.05, 0) is 21.9 Å². The van der Waals surface area contributed by atoms with E-state index >= 15 is 0 Å². The van der Waals surface area contributed by atoms with Crippen molar-refractivity contribution < 1.29 is 50.3 Å². The predicted octanol–water partition coefficient (Wildman–Crippen LogP) is 0.202. The number of rotatable bonds is 10. The lowest BCUT2D eigenvalue weighted by Crippen LogP contribution is -2.57. The number of hydrogen-bond acceptors (Lipinski definition) is 14. The van der Waals surface area contributed by atoms with Crippen LogP contribution in [0.2, 0.25) is 0 Å². The average molecular weight is 609 g/mol. The van der Waals surface area contributed by atoms with Crippen molar-refractivity contribution in [1.29, 1.82) is 0 Å². The molecule has 10 nitrogen and oxygen atoms in total. The predicted molar refractivity (Wildman–Crippen MR) is 149 cm³/mol. The summed E-state index contributed by atoms with van der Waals surface area (Å²) in [6.45, 7) is -0.934. The van der Waals surface area contributed by atoms with E-state index in [-0.39, 0.29) is 0 Å². The Morgan fingerprint density at radius 2 is 0.947 bits per heavy atom. The van der Waals surface area contributed by atoms with Crippen LogP contribution >= 0.6 is 43.2 Å². The smallest absolute Gasteiger partial charge is 0.142 e. The Morgan fingerprint density at radius 1 is 0.553 bits per heavy atom. The molecule has 14 heteroatoms. The minimum atomic E-state index is -1.41. The zero-order chi connectivity index (χ0) is 27.4. The summed E-state index contributed by atoms with van der Waals surface area (Å²) in [7, 11) is 5.33. The van der Waals surface area contributed by atoms with Crippen molar-refractivity contribution in [2.75, 3.05) is 13.2 Å². The van der Waals surface area contributed by atoms with Crippen LogP contribution in [-0.2, 0) is 21.0 Å². The number of benzene rings is 2. The number of hydrogen-bond donors (Lipinski definition) is 8. The first kappa shape index (κ1) is 30.7. The van der Waals surface area contributed by atoms with Gasteiger partial charge in [0.15, 0.2) is 0 Å². The quantitative estimate of drug-likeness (QED) is 0.171. The monoisotopic (exact) mass is 608 g/mol. The minimum Gasteiger partial charge on any atom is -0.394 e. The van der Waals surface area contributed by atoms with E-state index in [2.05, 4.69) is 0 Å². The summed E-state index contributed by atoms with van der Waals surface area (Å²) in [5, 5.41) is 81.3. The summed E-state index contributed by atoms with van der Waals surface area (Å²) in [6.07, 6.45) is -10.0. The van der Waals surface area contributed by atoms with Crippen molar-refractivity contribution in [2.45, 2.75) is 71.2 Å². The van der Waals surface area contributed by atoms with Crippen LogP contribution in [0.4, 0.5) is 0 Å². The molecule has 0 aliphatic carbocycles. The number of aliphatic hydroxyl groups is 8. The van der Waals surface area contributed by atoms with E-state index in [4.69, 9.17) is 9.47 Å². The van der Waals surface area contributed by atoms with Crippen molar-refractivity contribution in [2.24, 2.45) is 0 Å². The van der Waals surface area contributed by atoms with Crippen molar-refractivity contribution in [3.8, 4) is 0 Å². The topological polar surface area (TPSA) is 180 Å². The molecule has 2 aromatic rings. The third-order valence-electron chi connectivity index (χ3n) is 6.56. The maximum atomic E-state index is 10.3. The first-order valence-corrected chi connectivity index (χ1v) is 16.7. The van der Waals surface area contributed by atoms with Gasteiger partial charge in [0.1, 0.15) is 59.7 Å². The van der Waals surface area contributed by atoms with Gasteiger partial charge in [-0.1, -0.05) is 79.6 Å². The Hall–Kier alpha value is -0.300. The van der Waals surface area contributed by atoms with Gasteiger partial charge >= 0.3 is 0 Å². The third kappa shape index (κ3) is 6.77.